The van der Waals surface area contributed by atoms with E-state index in [2.05, 4.69) is 28.8 Å². The van der Waals surface area contributed by atoms with Crippen molar-refractivity contribution in [2.75, 3.05) is 11.5 Å². The van der Waals surface area contributed by atoms with Crippen LogP contribution in [0, 0.1) is 5.92 Å². The molecule has 1 unspecified atom stereocenters. The van der Waals surface area contributed by atoms with E-state index in [-0.39, 0.29) is 17.9 Å². The summed E-state index contributed by atoms with van der Waals surface area (Å²) < 4.78 is 8.09. The van der Waals surface area contributed by atoms with Gasteiger partial charge in [-0.15, -0.1) is 0 Å². The quantitative estimate of drug-likeness (QED) is 0.608. The molecule has 1 fully saturated rings. The van der Waals surface area contributed by atoms with Gasteiger partial charge >= 0.3 is 0 Å². The Morgan fingerprint density at radius 1 is 1.43 bits per heavy atom. The SMILES string of the molecule is CCCCSSC[C@H]1O[C@@H](n2cnc3c(=O)[nH]cnc32)CC1C. The first-order valence-electron chi connectivity index (χ1n) is 8.00. The Labute approximate surface area is 143 Å². The maximum atomic E-state index is 11.7. The Balaban J connectivity index is 1.63. The third-order valence-corrected chi connectivity index (χ3v) is 6.61. The highest BCUT2D eigenvalue weighted by atomic mass is 33.1. The molecule has 23 heavy (non-hydrogen) atoms. The zero-order chi connectivity index (χ0) is 16.2. The van der Waals surface area contributed by atoms with Crippen LogP contribution in [0.5, 0.6) is 0 Å². The van der Waals surface area contributed by atoms with Gasteiger partial charge in [-0.25, -0.2) is 9.97 Å². The van der Waals surface area contributed by atoms with E-state index in [1.165, 1.54) is 24.9 Å². The van der Waals surface area contributed by atoms with Crippen LogP contribution in [0.15, 0.2) is 17.4 Å². The maximum Gasteiger partial charge on any atom is 0.278 e. The van der Waals surface area contributed by atoms with Gasteiger partial charge in [0.05, 0.1) is 18.8 Å². The molecule has 0 radical (unpaired) electrons. The first-order valence-corrected chi connectivity index (χ1v) is 10.5. The average molecular weight is 355 g/mol. The van der Waals surface area contributed by atoms with Crippen molar-refractivity contribution in [1.82, 2.24) is 19.5 Å². The third kappa shape index (κ3) is 3.75. The van der Waals surface area contributed by atoms with Gasteiger partial charge in [0.25, 0.3) is 5.56 Å². The Kier molecular flexibility index (Phi) is 5.66. The molecule has 1 aliphatic heterocycles. The van der Waals surface area contributed by atoms with Gasteiger partial charge in [-0.05, 0) is 18.8 Å². The number of ether oxygens (including phenoxy) is 1. The summed E-state index contributed by atoms with van der Waals surface area (Å²) in [7, 11) is 3.83. The van der Waals surface area contributed by atoms with Crippen LogP contribution < -0.4 is 5.56 Å². The number of H-pyrrole nitrogens is 1. The number of aromatic amines is 1. The number of rotatable bonds is 7. The van der Waals surface area contributed by atoms with E-state index in [0.29, 0.717) is 17.1 Å². The zero-order valence-corrected chi connectivity index (χ0v) is 15.0. The summed E-state index contributed by atoms with van der Waals surface area (Å²) in [4.78, 5) is 22.7. The minimum atomic E-state index is -0.209. The lowest BCUT2D eigenvalue weighted by Crippen LogP contribution is -2.17. The standard InChI is InChI=1S/C15H22N4O2S2/c1-3-4-5-22-23-7-11-10(2)6-12(21-11)19-9-18-13-14(19)16-8-17-15(13)20/h8-12H,3-7H2,1-2H3,(H,16,17,20)/t10?,11-,12-/m1/s1. The molecule has 0 aromatic carbocycles. The van der Waals surface area contributed by atoms with Crippen LogP contribution in [-0.4, -0.2) is 37.1 Å². The van der Waals surface area contributed by atoms with E-state index in [4.69, 9.17) is 4.74 Å². The highest BCUT2D eigenvalue weighted by Gasteiger charge is 2.34. The van der Waals surface area contributed by atoms with Crippen molar-refractivity contribution < 1.29 is 4.74 Å². The number of unbranched alkanes of at least 4 members (excludes halogenated alkanes) is 1. The molecule has 3 atom stereocenters. The third-order valence-electron chi connectivity index (χ3n) is 4.11. The van der Waals surface area contributed by atoms with Crippen LogP contribution in [0.4, 0.5) is 0 Å². The molecule has 3 rings (SSSR count). The van der Waals surface area contributed by atoms with Crippen LogP contribution in [-0.2, 0) is 4.74 Å². The van der Waals surface area contributed by atoms with E-state index in [9.17, 15) is 4.79 Å². The smallest absolute Gasteiger partial charge is 0.278 e. The molecule has 0 amide bonds. The van der Waals surface area contributed by atoms with Crippen molar-refractivity contribution in [3.05, 3.63) is 23.0 Å². The second kappa shape index (κ2) is 7.72. The van der Waals surface area contributed by atoms with Crippen molar-refractivity contribution in [3.63, 3.8) is 0 Å². The summed E-state index contributed by atoms with van der Waals surface area (Å²) >= 11 is 0. The number of hydrogen-bond donors (Lipinski definition) is 1. The summed E-state index contributed by atoms with van der Waals surface area (Å²) in [5.41, 5.74) is 0.757. The predicted molar refractivity (Wildman–Crippen MR) is 95.7 cm³/mol. The average Bonchev–Trinajstić information content (AvgIpc) is 3.12. The summed E-state index contributed by atoms with van der Waals surface area (Å²) in [6, 6.07) is 0. The Morgan fingerprint density at radius 2 is 2.30 bits per heavy atom. The van der Waals surface area contributed by atoms with Gasteiger partial charge < -0.3 is 9.72 Å². The fourth-order valence-electron chi connectivity index (χ4n) is 2.70. The Hall–Kier alpha value is -0.990. The van der Waals surface area contributed by atoms with Crippen molar-refractivity contribution in [2.24, 2.45) is 5.92 Å². The van der Waals surface area contributed by atoms with Gasteiger partial charge in [-0.3, -0.25) is 9.36 Å². The molecule has 2 aromatic heterocycles. The normalized spacial score (nSPS) is 24.5. The van der Waals surface area contributed by atoms with Gasteiger partial charge in [0.2, 0.25) is 0 Å². The number of fused-ring (bicyclic) bond motifs is 1. The monoisotopic (exact) mass is 354 g/mol. The molecule has 0 spiro atoms. The molecule has 3 heterocycles. The molecule has 0 aliphatic carbocycles. The first-order chi connectivity index (χ1) is 11.2. The van der Waals surface area contributed by atoms with Gasteiger partial charge in [-0.2, -0.15) is 0 Å². The van der Waals surface area contributed by atoms with E-state index in [1.54, 1.807) is 6.33 Å². The first kappa shape index (κ1) is 16.9. The summed E-state index contributed by atoms with van der Waals surface area (Å²) in [6.45, 7) is 4.44. The molecule has 1 saturated heterocycles. The second-order valence-corrected chi connectivity index (χ2v) is 8.49. The van der Waals surface area contributed by atoms with E-state index >= 15 is 0 Å². The number of nitrogens with zero attached hydrogens (tertiary/aromatic N) is 3. The Morgan fingerprint density at radius 3 is 3.13 bits per heavy atom. The van der Waals surface area contributed by atoms with Crippen LogP contribution in [0.25, 0.3) is 11.2 Å². The van der Waals surface area contributed by atoms with Crippen molar-refractivity contribution in [3.8, 4) is 0 Å². The molecule has 6 nitrogen and oxygen atoms in total. The van der Waals surface area contributed by atoms with Crippen LogP contribution >= 0.6 is 21.6 Å². The number of aromatic nitrogens is 4. The van der Waals surface area contributed by atoms with E-state index in [0.717, 1.165) is 12.2 Å². The summed E-state index contributed by atoms with van der Waals surface area (Å²) in [6.07, 6.45) is 6.66. The molecule has 1 aliphatic rings. The topological polar surface area (TPSA) is 72.8 Å². The molecule has 1 N–H and O–H groups in total. The fourth-order valence-corrected chi connectivity index (χ4v) is 5.26. The lowest BCUT2D eigenvalue weighted by atomic mass is 10.1. The predicted octanol–water partition coefficient (Wildman–Crippen LogP) is 3.22. The molecular weight excluding hydrogens is 332 g/mol. The van der Waals surface area contributed by atoms with Gasteiger partial charge in [0, 0.05) is 11.5 Å². The largest absolute Gasteiger partial charge is 0.354 e. The number of imidazole rings is 1. The van der Waals surface area contributed by atoms with Crippen LogP contribution in [0.2, 0.25) is 0 Å². The molecule has 126 valence electrons. The summed E-state index contributed by atoms with van der Waals surface area (Å²) in [5.74, 6) is 2.68. The second-order valence-electron chi connectivity index (χ2n) is 5.86. The number of nitrogens with one attached hydrogen (secondary N) is 1. The minimum absolute atomic E-state index is 0.0875. The van der Waals surface area contributed by atoms with Crippen LogP contribution in [0.1, 0.15) is 39.3 Å². The van der Waals surface area contributed by atoms with Gasteiger partial charge in [0.1, 0.15) is 6.23 Å². The molecule has 2 aromatic rings. The number of hydrogen-bond acceptors (Lipinski definition) is 6. The maximum absolute atomic E-state index is 11.7. The lowest BCUT2D eigenvalue weighted by molar-refractivity contribution is 0.0104. The van der Waals surface area contributed by atoms with Crippen molar-refractivity contribution >= 4 is 32.8 Å². The highest BCUT2D eigenvalue weighted by molar-refractivity contribution is 8.76. The Bertz CT molecular complexity index is 702. The van der Waals surface area contributed by atoms with Gasteiger partial charge in [-0.1, -0.05) is 41.9 Å². The van der Waals surface area contributed by atoms with Crippen molar-refractivity contribution in [2.45, 2.75) is 45.4 Å². The summed E-state index contributed by atoms with van der Waals surface area (Å²) in [5, 5.41) is 0. The van der Waals surface area contributed by atoms with E-state index < -0.39 is 0 Å². The molecule has 0 bridgehead atoms. The fraction of sp³-hybridized carbons (Fsp3) is 0.667. The zero-order valence-electron chi connectivity index (χ0n) is 13.4. The lowest BCUT2D eigenvalue weighted by Gasteiger charge is -2.15. The van der Waals surface area contributed by atoms with Crippen LogP contribution in [0.3, 0.4) is 0 Å². The molecule has 0 saturated carbocycles. The highest BCUT2D eigenvalue weighted by Crippen LogP contribution is 2.37. The van der Waals surface area contributed by atoms with Gasteiger partial charge in [0.15, 0.2) is 11.2 Å². The minimum Gasteiger partial charge on any atom is -0.354 e. The van der Waals surface area contributed by atoms with E-state index in [1.807, 2.05) is 26.2 Å². The molecule has 8 heteroatoms. The van der Waals surface area contributed by atoms with Crippen molar-refractivity contribution in [1.29, 1.82) is 0 Å². The molecular formula is C15H22N4O2S2.